The minimum absolute atomic E-state index is 0.0879. The number of carbonyl (C=O) groups excluding carboxylic acids is 1. The van der Waals surface area contributed by atoms with Crippen molar-refractivity contribution in [3.63, 3.8) is 0 Å². The van der Waals surface area contributed by atoms with Gasteiger partial charge in [-0.2, -0.15) is 0 Å². The number of nitrogens with zero attached hydrogens (tertiary/aromatic N) is 2. The topological polar surface area (TPSA) is 59.1 Å². The van der Waals surface area contributed by atoms with Gasteiger partial charge >= 0.3 is 7.60 Å². The SMILES string of the molecule is CCO[P@@]1(=O)Oc2ccccc2[C@@H]2[C@H]1CN1C(=O)CCN21. The van der Waals surface area contributed by atoms with Crippen molar-refractivity contribution in [2.75, 3.05) is 19.7 Å². The molecule has 1 amide bonds. The van der Waals surface area contributed by atoms with Crippen molar-refractivity contribution in [3.8, 4) is 5.75 Å². The fourth-order valence-corrected chi connectivity index (χ4v) is 5.73. The zero-order valence-electron chi connectivity index (χ0n) is 11.8. The van der Waals surface area contributed by atoms with Crippen molar-refractivity contribution in [2.45, 2.75) is 25.0 Å². The largest absolute Gasteiger partial charge is 0.424 e. The van der Waals surface area contributed by atoms with Crippen LogP contribution in [-0.4, -0.2) is 41.3 Å². The van der Waals surface area contributed by atoms with Crippen LogP contribution < -0.4 is 4.52 Å². The van der Waals surface area contributed by atoms with Gasteiger partial charge in [0, 0.05) is 18.5 Å². The molecule has 0 radical (unpaired) electrons. The smallest absolute Gasteiger partial charge is 0.386 e. The third kappa shape index (κ3) is 1.79. The highest BCUT2D eigenvalue weighted by Crippen LogP contribution is 2.65. The van der Waals surface area contributed by atoms with Gasteiger partial charge in [-0.1, -0.05) is 18.2 Å². The van der Waals surface area contributed by atoms with Crippen molar-refractivity contribution < 1.29 is 18.4 Å². The Morgan fingerprint density at radius 1 is 1.43 bits per heavy atom. The first-order valence-electron chi connectivity index (χ1n) is 7.24. The summed E-state index contributed by atoms with van der Waals surface area (Å²) in [4.78, 5) is 12.0. The Labute approximate surface area is 123 Å². The van der Waals surface area contributed by atoms with E-state index in [9.17, 15) is 9.36 Å². The predicted molar refractivity (Wildman–Crippen MR) is 75.9 cm³/mol. The maximum absolute atomic E-state index is 13.1. The summed E-state index contributed by atoms with van der Waals surface area (Å²) in [6.07, 6.45) is 0.519. The van der Waals surface area contributed by atoms with E-state index in [0.29, 0.717) is 31.9 Å². The van der Waals surface area contributed by atoms with Gasteiger partial charge in [-0.15, -0.1) is 0 Å². The maximum atomic E-state index is 13.1. The Balaban J connectivity index is 1.84. The van der Waals surface area contributed by atoms with Crippen molar-refractivity contribution in [3.05, 3.63) is 29.8 Å². The quantitative estimate of drug-likeness (QED) is 0.784. The standard InChI is InChI=1S/C14H17N2O4P/c1-2-19-21(18)12-9-16-13(17)7-8-15(16)14(12)10-5-3-4-6-11(10)20-21/h3-6,12,14H,2,7-9H2,1H3/t12-,14-,21-/m1/s1. The molecule has 0 N–H and O–H groups in total. The summed E-state index contributed by atoms with van der Waals surface area (Å²) in [7, 11) is -3.27. The van der Waals surface area contributed by atoms with E-state index in [1.807, 2.05) is 29.3 Å². The number of hydrogen-bond donors (Lipinski definition) is 0. The molecule has 7 heteroatoms. The molecule has 3 aliphatic rings. The van der Waals surface area contributed by atoms with Crippen LogP contribution in [-0.2, 0) is 13.9 Å². The van der Waals surface area contributed by atoms with Gasteiger partial charge < -0.3 is 4.52 Å². The highest BCUT2D eigenvalue weighted by atomic mass is 31.2. The van der Waals surface area contributed by atoms with Gasteiger partial charge in [-0.05, 0) is 13.0 Å². The Bertz CT molecular complexity index is 650. The highest BCUT2D eigenvalue weighted by Gasteiger charge is 2.58. The van der Waals surface area contributed by atoms with Gasteiger partial charge in [0.1, 0.15) is 11.4 Å². The molecule has 3 atom stereocenters. The second kappa shape index (κ2) is 4.57. The minimum Gasteiger partial charge on any atom is -0.424 e. The van der Waals surface area contributed by atoms with Crippen molar-refractivity contribution >= 4 is 13.5 Å². The number of hydrazine groups is 1. The van der Waals surface area contributed by atoms with E-state index in [1.54, 1.807) is 11.9 Å². The van der Waals surface area contributed by atoms with E-state index in [1.165, 1.54) is 0 Å². The van der Waals surface area contributed by atoms with Crippen LogP contribution in [0.5, 0.6) is 5.75 Å². The second-order valence-electron chi connectivity index (χ2n) is 5.49. The van der Waals surface area contributed by atoms with E-state index in [-0.39, 0.29) is 17.6 Å². The van der Waals surface area contributed by atoms with Crippen molar-refractivity contribution in [1.82, 2.24) is 10.0 Å². The Hall–Kier alpha value is -1.36. The lowest BCUT2D eigenvalue weighted by atomic mass is 10.0. The lowest BCUT2D eigenvalue weighted by molar-refractivity contribution is -0.135. The molecule has 1 aromatic rings. The van der Waals surface area contributed by atoms with Crippen LogP contribution in [0.25, 0.3) is 0 Å². The third-order valence-corrected chi connectivity index (χ3v) is 6.70. The molecule has 112 valence electrons. The third-order valence-electron chi connectivity index (χ3n) is 4.38. The van der Waals surface area contributed by atoms with Crippen LogP contribution in [0, 0.1) is 0 Å². The van der Waals surface area contributed by atoms with E-state index >= 15 is 0 Å². The van der Waals surface area contributed by atoms with Gasteiger partial charge in [0.05, 0.1) is 19.2 Å². The molecule has 4 rings (SSSR count). The van der Waals surface area contributed by atoms with E-state index in [0.717, 1.165) is 5.56 Å². The van der Waals surface area contributed by atoms with E-state index in [2.05, 4.69) is 0 Å². The highest BCUT2D eigenvalue weighted by molar-refractivity contribution is 7.55. The number of para-hydroxylation sites is 1. The first-order chi connectivity index (χ1) is 10.1. The van der Waals surface area contributed by atoms with Crippen molar-refractivity contribution in [2.24, 2.45) is 0 Å². The monoisotopic (exact) mass is 308 g/mol. The average molecular weight is 308 g/mol. The minimum atomic E-state index is -3.27. The molecule has 2 saturated heterocycles. The summed E-state index contributed by atoms with van der Waals surface area (Å²) < 4.78 is 24.4. The summed E-state index contributed by atoms with van der Waals surface area (Å²) in [5.41, 5.74) is 0.683. The summed E-state index contributed by atoms with van der Waals surface area (Å²) in [6.45, 7) is 3.21. The molecule has 0 aliphatic carbocycles. The van der Waals surface area contributed by atoms with Crippen LogP contribution in [0.1, 0.15) is 24.9 Å². The summed E-state index contributed by atoms with van der Waals surface area (Å²) in [5.74, 6) is 0.696. The molecule has 6 nitrogen and oxygen atoms in total. The predicted octanol–water partition coefficient (Wildman–Crippen LogP) is 2.18. The van der Waals surface area contributed by atoms with Crippen LogP contribution in [0.2, 0.25) is 0 Å². The Morgan fingerprint density at radius 2 is 2.24 bits per heavy atom. The number of hydrogen-bond acceptors (Lipinski definition) is 5. The van der Waals surface area contributed by atoms with Crippen LogP contribution in [0.4, 0.5) is 0 Å². The fourth-order valence-electron chi connectivity index (χ4n) is 3.53. The van der Waals surface area contributed by atoms with Gasteiger partial charge in [0.25, 0.3) is 0 Å². The summed E-state index contributed by atoms with van der Waals surface area (Å²) in [6, 6.07) is 7.50. The molecule has 3 heterocycles. The molecule has 1 aromatic carbocycles. The van der Waals surface area contributed by atoms with E-state index < -0.39 is 7.60 Å². The second-order valence-corrected chi connectivity index (χ2v) is 7.67. The number of fused-ring (bicyclic) bond motifs is 5. The van der Waals surface area contributed by atoms with Crippen LogP contribution >= 0.6 is 7.60 Å². The molecule has 21 heavy (non-hydrogen) atoms. The number of amides is 1. The molecule has 2 fully saturated rings. The summed E-state index contributed by atoms with van der Waals surface area (Å²) >= 11 is 0. The fraction of sp³-hybridized carbons (Fsp3) is 0.500. The van der Waals surface area contributed by atoms with Gasteiger partial charge in [0.2, 0.25) is 5.91 Å². The van der Waals surface area contributed by atoms with Gasteiger partial charge in [-0.3, -0.25) is 14.3 Å². The van der Waals surface area contributed by atoms with Gasteiger partial charge in [0.15, 0.2) is 0 Å². The number of carbonyl (C=O) groups is 1. The zero-order valence-corrected chi connectivity index (χ0v) is 12.7. The lowest BCUT2D eigenvalue weighted by Gasteiger charge is -2.35. The first-order valence-corrected chi connectivity index (χ1v) is 8.85. The molecule has 0 bridgehead atoms. The molecular formula is C14H17N2O4P. The maximum Gasteiger partial charge on any atom is 0.386 e. The molecule has 0 aromatic heterocycles. The average Bonchev–Trinajstić information content (AvgIpc) is 3.01. The Morgan fingerprint density at radius 3 is 3.05 bits per heavy atom. The normalized spacial score (nSPS) is 34.3. The molecule has 0 spiro atoms. The first kappa shape index (κ1) is 13.3. The molecule has 0 unspecified atom stereocenters. The van der Waals surface area contributed by atoms with Crippen LogP contribution in [0.15, 0.2) is 24.3 Å². The van der Waals surface area contributed by atoms with E-state index in [4.69, 9.17) is 9.05 Å². The molecular weight excluding hydrogens is 291 g/mol. The Kier molecular flexibility index (Phi) is 2.89. The summed E-state index contributed by atoms with van der Waals surface area (Å²) in [5, 5.41) is 3.74. The molecule has 0 saturated carbocycles. The van der Waals surface area contributed by atoms with Crippen molar-refractivity contribution in [1.29, 1.82) is 0 Å². The zero-order chi connectivity index (χ0) is 14.6. The lowest BCUT2D eigenvalue weighted by Crippen LogP contribution is -2.34. The number of rotatable bonds is 2. The van der Waals surface area contributed by atoms with Crippen LogP contribution in [0.3, 0.4) is 0 Å². The number of benzene rings is 1. The van der Waals surface area contributed by atoms with Gasteiger partial charge in [-0.25, -0.2) is 9.57 Å². The molecule has 3 aliphatic heterocycles.